The van der Waals surface area contributed by atoms with E-state index in [0.29, 0.717) is 6.54 Å². The lowest BCUT2D eigenvalue weighted by molar-refractivity contribution is 0.826. The maximum absolute atomic E-state index is 9.44. The molecule has 1 aromatic carbocycles. The summed E-state index contributed by atoms with van der Waals surface area (Å²) in [6, 6.07) is 9.09. The van der Waals surface area contributed by atoms with Crippen LogP contribution in [-0.4, -0.2) is 39.2 Å². The Labute approximate surface area is 175 Å². The van der Waals surface area contributed by atoms with Gasteiger partial charge in [0.05, 0.1) is 5.69 Å². The Balaban J connectivity index is 2.57. The number of hydrogen-bond acceptors (Lipinski definition) is 12. The van der Waals surface area contributed by atoms with E-state index < -0.39 is 0 Å². The summed E-state index contributed by atoms with van der Waals surface area (Å²) in [5, 5.41) is 49.6. The number of nitrogens with one attached hydrogen (secondary N) is 1. The van der Waals surface area contributed by atoms with Gasteiger partial charge in [-0.3, -0.25) is 0 Å². The van der Waals surface area contributed by atoms with E-state index in [1.54, 1.807) is 31.3 Å². The number of nitrogens with zero attached hydrogens (tertiary/aromatic N) is 10. The molecule has 0 amide bonds. The number of nitriles is 5. The van der Waals surface area contributed by atoms with Crippen molar-refractivity contribution in [3.8, 4) is 30.3 Å². The van der Waals surface area contributed by atoms with Crippen LogP contribution in [0.5, 0.6) is 0 Å². The molecule has 3 aromatic rings. The second kappa shape index (κ2) is 8.43. The van der Waals surface area contributed by atoms with Crippen LogP contribution in [0.25, 0.3) is 22.1 Å². The SMILES string of the molecule is CNCC/C(C#N)=N\c1c(N)c2nc(C#N)c(C#N)nc2c2nc(C#N)c(C#N)nc12. The van der Waals surface area contributed by atoms with Crippen molar-refractivity contribution in [3.63, 3.8) is 0 Å². The third-order valence-electron chi connectivity index (χ3n) is 4.16. The summed E-state index contributed by atoms with van der Waals surface area (Å²) in [6.07, 6.45) is 0.281. The maximum Gasteiger partial charge on any atom is 0.177 e. The molecule has 0 radical (unpaired) electrons. The fourth-order valence-electron chi connectivity index (χ4n) is 2.73. The predicted molar refractivity (Wildman–Crippen MR) is 107 cm³/mol. The fourth-order valence-corrected chi connectivity index (χ4v) is 2.73. The summed E-state index contributed by atoms with van der Waals surface area (Å²) in [5.41, 5.74) is 5.32. The van der Waals surface area contributed by atoms with E-state index in [1.807, 2.05) is 6.07 Å². The van der Waals surface area contributed by atoms with Crippen molar-refractivity contribution in [2.45, 2.75) is 6.42 Å². The van der Waals surface area contributed by atoms with Gasteiger partial charge in [-0.2, -0.15) is 26.3 Å². The number of rotatable bonds is 4. The number of aromatic nitrogens is 4. The lowest BCUT2D eigenvalue weighted by atomic mass is 10.1. The van der Waals surface area contributed by atoms with Gasteiger partial charge in [-0.25, -0.2) is 24.9 Å². The van der Waals surface area contributed by atoms with Crippen LogP contribution in [0.1, 0.15) is 29.2 Å². The minimum Gasteiger partial charge on any atom is -0.395 e. The van der Waals surface area contributed by atoms with E-state index in [0.717, 1.165) is 0 Å². The van der Waals surface area contributed by atoms with Crippen molar-refractivity contribution in [1.82, 2.24) is 25.3 Å². The molecule has 3 N–H and O–H groups in total. The second-order valence-electron chi connectivity index (χ2n) is 5.97. The zero-order chi connectivity index (χ0) is 22.5. The molecule has 0 aliphatic carbocycles. The highest BCUT2D eigenvalue weighted by atomic mass is 14.9. The van der Waals surface area contributed by atoms with E-state index in [2.05, 4.69) is 30.2 Å². The predicted octanol–water partition coefficient (Wildman–Crippen LogP) is 0.847. The van der Waals surface area contributed by atoms with Crippen LogP contribution in [0.4, 0.5) is 11.4 Å². The first kappa shape index (κ1) is 20.5. The van der Waals surface area contributed by atoms with Crippen LogP contribution in [0.15, 0.2) is 4.99 Å². The van der Waals surface area contributed by atoms with Crippen molar-refractivity contribution in [2.24, 2.45) is 4.99 Å². The number of hydrogen-bond donors (Lipinski definition) is 2. The summed E-state index contributed by atoms with van der Waals surface area (Å²) >= 11 is 0. The molecule has 3 rings (SSSR count). The number of nitrogen functional groups attached to an aromatic ring is 1. The molecule has 0 unspecified atom stereocenters. The second-order valence-corrected chi connectivity index (χ2v) is 5.97. The number of aliphatic imine (C=N–C) groups is 1. The third kappa shape index (κ3) is 3.48. The summed E-state index contributed by atoms with van der Waals surface area (Å²) in [4.78, 5) is 20.9. The Morgan fingerprint density at radius 1 is 0.806 bits per heavy atom. The molecule has 31 heavy (non-hydrogen) atoms. The quantitative estimate of drug-likeness (QED) is 0.351. The number of anilines is 1. The Morgan fingerprint density at radius 2 is 1.26 bits per heavy atom. The molecule has 0 bridgehead atoms. The Morgan fingerprint density at radius 3 is 1.71 bits per heavy atom. The number of nitrogens with two attached hydrogens (primary N) is 1. The summed E-state index contributed by atoms with van der Waals surface area (Å²) in [5.74, 6) is 0. The van der Waals surface area contributed by atoms with Gasteiger partial charge in [0.2, 0.25) is 0 Å². The van der Waals surface area contributed by atoms with Gasteiger partial charge >= 0.3 is 0 Å². The van der Waals surface area contributed by atoms with Gasteiger partial charge < -0.3 is 11.1 Å². The maximum atomic E-state index is 9.44. The summed E-state index contributed by atoms with van der Waals surface area (Å²) < 4.78 is 0. The molecule has 0 fully saturated rings. The molecular formula is C19H10N12. The van der Waals surface area contributed by atoms with Gasteiger partial charge in [-0.05, 0) is 7.05 Å². The van der Waals surface area contributed by atoms with Crippen molar-refractivity contribution >= 4 is 39.2 Å². The van der Waals surface area contributed by atoms with Gasteiger partial charge in [-0.15, -0.1) is 0 Å². The minimum atomic E-state index is -0.267. The van der Waals surface area contributed by atoms with E-state index in [9.17, 15) is 26.3 Å². The molecule has 2 heterocycles. The van der Waals surface area contributed by atoms with E-state index in [1.165, 1.54) is 0 Å². The van der Waals surface area contributed by atoms with Gasteiger partial charge in [-0.1, -0.05) is 0 Å². The lowest BCUT2D eigenvalue weighted by Gasteiger charge is -2.11. The van der Waals surface area contributed by atoms with Crippen LogP contribution in [-0.2, 0) is 0 Å². The average molecular weight is 406 g/mol. The molecule has 0 aliphatic rings. The minimum absolute atomic E-state index is 0.00606. The zero-order valence-electron chi connectivity index (χ0n) is 16.0. The first-order valence-corrected chi connectivity index (χ1v) is 8.60. The molecule has 0 aliphatic heterocycles. The van der Waals surface area contributed by atoms with Crippen LogP contribution in [0.3, 0.4) is 0 Å². The molecule has 2 aromatic heterocycles. The van der Waals surface area contributed by atoms with Crippen LogP contribution in [0.2, 0.25) is 0 Å². The highest BCUT2D eigenvalue weighted by molar-refractivity contribution is 6.15. The van der Waals surface area contributed by atoms with Gasteiger partial charge in [0.15, 0.2) is 22.8 Å². The van der Waals surface area contributed by atoms with E-state index in [-0.39, 0.29) is 68.3 Å². The van der Waals surface area contributed by atoms with Crippen molar-refractivity contribution in [1.29, 1.82) is 26.3 Å². The lowest BCUT2D eigenvalue weighted by Crippen LogP contribution is -2.12. The highest BCUT2D eigenvalue weighted by Crippen LogP contribution is 2.38. The largest absolute Gasteiger partial charge is 0.395 e. The van der Waals surface area contributed by atoms with Crippen molar-refractivity contribution in [2.75, 3.05) is 19.3 Å². The van der Waals surface area contributed by atoms with Crippen molar-refractivity contribution in [3.05, 3.63) is 22.8 Å². The molecule has 146 valence electrons. The van der Waals surface area contributed by atoms with Gasteiger partial charge in [0.25, 0.3) is 0 Å². The third-order valence-corrected chi connectivity index (χ3v) is 4.16. The molecule has 0 saturated heterocycles. The molecule has 0 atom stereocenters. The summed E-state index contributed by atoms with van der Waals surface area (Å²) in [6.45, 7) is 0.468. The molecule has 0 spiro atoms. The Hall–Kier alpha value is -5.22. The van der Waals surface area contributed by atoms with Crippen molar-refractivity contribution < 1.29 is 0 Å². The normalized spacial score (nSPS) is 10.6. The van der Waals surface area contributed by atoms with Gasteiger partial charge in [0, 0.05) is 13.0 Å². The van der Waals surface area contributed by atoms with E-state index in [4.69, 9.17) is 5.73 Å². The zero-order valence-corrected chi connectivity index (χ0v) is 16.0. The molecule has 12 nitrogen and oxygen atoms in total. The Bertz CT molecular complexity index is 1480. The monoisotopic (exact) mass is 406 g/mol. The number of benzene rings is 1. The van der Waals surface area contributed by atoms with E-state index >= 15 is 0 Å². The standard InChI is InChI=1S/C19H10N12/c1-26-3-2-9(4-20)27-15-14(25)16-18(30-11(6-22)10(5-21)28-16)19-17(15)29-12(7-23)13(8-24)31-19/h26H,2-3,25H2,1H3/b27-9+. The smallest absolute Gasteiger partial charge is 0.177 e. The van der Waals surface area contributed by atoms with Gasteiger partial charge in [0.1, 0.15) is 63.8 Å². The van der Waals surface area contributed by atoms with Crippen LogP contribution < -0.4 is 11.1 Å². The van der Waals surface area contributed by atoms with Crippen LogP contribution in [0, 0.1) is 56.7 Å². The molecular weight excluding hydrogens is 396 g/mol. The van der Waals surface area contributed by atoms with Crippen LogP contribution >= 0.6 is 0 Å². The first-order chi connectivity index (χ1) is 15.0. The highest BCUT2D eigenvalue weighted by Gasteiger charge is 2.22. The molecule has 0 saturated carbocycles. The molecule has 12 heteroatoms. The number of fused-ring (bicyclic) bond motifs is 3. The topological polar surface area (TPSA) is 221 Å². The first-order valence-electron chi connectivity index (χ1n) is 8.60. The average Bonchev–Trinajstić information content (AvgIpc) is 2.81. The summed E-state index contributed by atoms with van der Waals surface area (Å²) in [7, 11) is 1.72. The Kier molecular flexibility index (Phi) is 5.58. The fraction of sp³-hybridized carbons (Fsp3) is 0.158.